The summed E-state index contributed by atoms with van der Waals surface area (Å²) in [6.45, 7) is 1.52. The van der Waals surface area contributed by atoms with Gasteiger partial charge in [0.1, 0.15) is 5.69 Å². The molecule has 2 heterocycles. The van der Waals surface area contributed by atoms with Crippen molar-refractivity contribution in [2.45, 2.75) is 32.4 Å². The van der Waals surface area contributed by atoms with Crippen LogP contribution in [0.4, 0.5) is 20.2 Å². The minimum atomic E-state index is -4.05. The molecule has 4 N–H and O–H groups in total. The maximum Gasteiger partial charge on any atom is 0.299 e. The average molecular weight is 449 g/mol. The predicted molar refractivity (Wildman–Crippen MR) is 104 cm³/mol. The Kier molecular flexibility index (Phi) is 6.13. The van der Waals surface area contributed by atoms with Crippen LogP contribution in [0.5, 0.6) is 0 Å². The van der Waals surface area contributed by atoms with Crippen molar-refractivity contribution in [2.24, 2.45) is 0 Å². The third kappa shape index (κ3) is 4.53. The molecule has 1 aliphatic heterocycles. The van der Waals surface area contributed by atoms with Gasteiger partial charge in [-0.05, 0) is 31.9 Å². The Morgan fingerprint density at radius 2 is 2.07 bits per heavy atom. The first-order valence-corrected chi connectivity index (χ1v) is 10.6. The summed E-state index contributed by atoms with van der Waals surface area (Å²) in [6, 6.07) is 2.18. The number of aliphatic hydroxyl groups excluding tert-OH is 1. The molecule has 1 unspecified atom stereocenters. The Morgan fingerprint density at radius 1 is 1.34 bits per heavy atom. The lowest BCUT2D eigenvalue weighted by Crippen LogP contribution is -2.39. The number of nitrogens with zero attached hydrogens (tertiary/aromatic N) is 1. The fraction of sp³-hybridized carbons (Fsp3) is 0.353. The van der Waals surface area contributed by atoms with Crippen molar-refractivity contribution < 1.29 is 27.1 Å². The zero-order valence-electron chi connectivity index (χ0n) is 15.3. The minimum Gasteiger partial charge on any atom is -0.395 e. The number of hydrogen-bond acceptors (Lipinski definition) is 4. The molecule has 29 heavy (non-hydrogen) atoms. The third-order valence-corrected chi connectivity index (χ3v) is 5.92. The fourth-order valence-electron chi connectivity index (χ4n) is 3.10. The molecule has 1 atom stereocenters. The van der Waals surface area contributed by atoms with Crippen LogP contribution in [0.1, 0.15) is 29.5 Å². The molecule has 8 nitrogen and oxygen atoms in total. The maximum atomic E-state index is 13.4. The van der Waals surface area contributed by atoms with Crippen molar-refractivity contribution in [2.75, 3.05) is 16.6 Å². The highest BCUT2D eigenvalue weighted by molar-refractivity contribution is 7.90. The quantitative estimate of drug-likeness (QED) is 0.520. The van der Waals surface area contributed by atoms with E-state index in [-0.39, 0.29) is 22.1 Å². The second-order valence-corrected chi connectivity index (χ2v) is 8.45. The molecule has 0 saturated carbocycles. The summed E-state index contributed by atoms with van der Waals surface area (Å²) in [5.41, 5.74) is 0.639. The van der Waals surface area contributed by atoms with Crippen LogP contribution in [0.15, 0.2) is 18.2 Å². The first kappa shape index (κ1) is 21.5. The summed E-state index contributed by atoms with van der Waals surface area (Å²) in [5.74, 6) is -2.86. The summed E-state index contributed by atoms with van der Waals surface area (Å²) in [5, 5.41) is 11.4. The Balaban J connectivity index is 1.91. The van der Waals surface area contributed by atoms with Gasteiger partial charge in [-0.1, -0.05) is 11.6 Å². The lowest BCUT2D eigenvalue weighted by atomic mass is 10.2. The molecule has 0 fully saturated rings. The molecule has 12 heteroatoms. The van der Waals surface area contributed by atoms with Crippen molar-refractivity contribution in [3.63, 3.8) is 0 Å². The number of anilines is 2. The van der Waals surface area contributed by atoms with E-state index in [1.54, 1.807) is 4.57 Å². The molecule has 0 radical (unpaired) electrons. The number of amides is 1. The standard InChI is InChI=1S/C17H19ClF2N4O4S/c1-9(8-25)22-29(27,28)23-15-13-3-2-6-24(13)16(14(15)18)17(26)21-10-4-5-11(19)12(20)7-10/h4-5,7,9,22-23,25H,2-3,6,8H2,1H3,(H,21,26). The first-order valence-electron chi connectivity index (χ1n) is 8.71. The Hall–Kier alpha value is -2.21. The van der Waals surface area contributed by atoms with Gasteiger partial charge in [0.2, 0.25) is 0 Å². The van der Waals surface area contributed by atoms with Crippen LogP contribution in [0, 0.1) is 11.6 Å². The average Bonchev–Trinajstić information content (AvgIpc) is 3.19. The summed E-state index contributed by atoms with van der Waals surface area (Å²) in [7, 11) is -4.05. The van der Waals surface area contributed by atoms with Crippen LogP contribution < -0.4 is 14.8 Å². The van der Waals surface area contributed by atoms with E-state index >= 15 is 0 Å². The van der Waals surface area contributed by atoms with Crippen molar-refractivity contribution in [3.8, 4) is 0 Å². The smallest absolute Gasteiger partial charge is 0.299 e. The number of nitrogens with one attached hydrogen (secondary N) is 3. The fourth-order valence-corrected chi connectivity index (χ4v) is 4.65. The summed E-state index contributed by atoms with van der Waals surface area (Å²) in [4.78, 5) is 12.7. The monoisotopic (exact) mass is 448 g/mol. The molecule has 1 aromatic heterocycles. The second-order valence-electron chi connectivity index (χ2n) is 6.63. The van der Waals surface area contributed by atoms with Gasteiger partial charge in [0.15, 0.2) is 11.6 Å². The number of hydrogen-bond donors (Lipinski definition) is 4. The van der Waals surface area contributed by atoms with E-state index in [9.17, 15) is 22.0 Å². The number of benzene rings is 1. The van der Waals surface area contributed by atoms with Gasteiger partial charge in [0.05, 0.1) is 17.3 Å². The van der Waals surface area contributed by atoms with Gasteiger partial charge in [-0.25, -0.2) is 8.78 Å². The van der Waals surface area contributed by atoms with Crippen molar-refractivity contribution in [1.82, 2.24) is 9.29 Å². The molecule has 1 aliphatic rings. The Labute approximate surface area is 171 Å². The third-order valence-electron chi connectivity index (χ3n) is 4.37. The van der Waals surface area contributed by atoms with Crippen LogP contribution in [0.3, 0.4) is 0 Å². The van der Waals surface area contributed by atoms with E-state index in [1.807, 2.05) is 0 Å². The largest absolute Gasteiger partial charge is 0.395 e. The van der Waals surface area contributed by atoms with Gasteiger partial charge >= 0.3 is 0 Å². The minimum absolute atomic E-state index is 0.0109. The number of halogens is 3. The van der Waals surface area contributed by atoms with E-state index in [0.717, 1.165) is 12.1 Å². The van der Waals surface area contributed by atoms with E-state index in [4.69, 9.17) is 16.7 Å². The molecule has 158 valence electrons. The van der Waals surface area contributed by atoms with Crippen molar-refractivity contribution in [1.29, 1.82) is 0 Å². The summed E-state index contributed by atoms with van der Waals surface area (Å²) >= 11 is 6.32. The molecule has 1 aromatic carbocycles. The normalized spacial score (nSPS) is 14.5. The van der Waals surface area contributed by atoms with Crippen LogP contribution in [0.25, 0.3) is 0 Å². The highest BCUT2D eigenvalue weighted by Gasteiger charge is 2.31. The van der Waals surface area contributed by atoms with E-state index in [1.165, 1.54) is 13.0 Å². The number of fused-ring (bicyclic) bond motifs is 1. The van der Waals surface area contributed by atoms with E-state index in [0.29, 0.717) is 25.1 Å². The molecule has 0 bridgehead atoms. The summed E-state index contributed by atoms with van der Waals surface area (Å²) in [6.07, 6.45) is 1.17. The van der Waals surface area contributed by atoms with Gasteiger partial charge < -0.3 is 15.0 Å². The lowest BCUT2D eigenvalue weighted by molar-refractivity contribution is 0.101. The van der Waals surface area contributed by atoms with E-state index in [2.05, 4.69) is 14.8 Å². The number of carbonyl (C=O) groups is 1. The van der Waals surface area contributed by atoms with Gasteiger partial charge in [0, 0.05) is 30.0 Å². The van der Waals surface area contributed by atoms with Gasteiger partial charge in [-0.3, -0.25) is 9.52 Å². The molecule has 0 saturated heterocycles. The van der Waals surface area contributed by atoms with Gasteiger partial charge in [-0.2, -0.15) is 13.1 Å². The van der Waals surface area contributed by atoms with E-state index < -0.39 is 40.4 Å². The van der Waals surface area contributed by atoms with Crippen LogP contribution in [0.2, 0.25) is 5.02 Å². The van der Waals surface area contributed by atoms with Gasteiger partial charge in [-0.15, -0.1) is 0 Å². The molecule has 0 aliphatic carbocycles. The van der Waals surface area contributed by atoms with Crippen LogP contribution in [-0.4, -0.2) is 36.6 Å². The van der Waals surface area contributed by atoms with Crippen LogP contribution >= 0.6 is 11.6 Å². The zero-order valence-corrected chi connectivity index (χ0v) is 16.9. The Morgan fingerprint density at radius 3 is 2.72 bits per heavy atom. The molecule has 3 rings (SSSR count). The lowest BCUT2D eigenvalue weighted by Gasteiger charge is -2.13. The highest BCUT2D eigenvalue weighted by atomic mass is 35.5. The maximum absolute atomic E-state index is 13.4. The number of aromatic nitrogens is 1. The second kappa shape index (κ2) is 8.27. The molecule has 1 amide bonds. The Bertz CT molecular complexity index is 1060. The topological polar surface area (TPSA) is 112 Å². The molecular formula is C17H19ClF2N4O4S. The van der Waals surface area contributed by atoms with Gasteiger partial charge in [0.25, 0.3) is 16.1 Å². The highest BCUT2D eigenvalue weighted by Crippen LogP contribution is 2.38. The molecular weight excluding hydrogens is 430 g/mol. The SMILES string of the molecule is CC(CO)NS(=O)(=O)Nc1c(Cl)c(C(=O)Nc2ccc(F)c(F)c2)n2c1CCC2. The van der Waals surface area contributed by atoms with Crippen molar-refractivity contribution >= 4 is 39.1 Å². The number of rotatable bonds is 7. The number of aliphatic hydroxyl groups is 1. The number of carbonyl (C=O) groups excluding carboxylic acids is 1. The van der Waals surface area contributed by atoms with Crippen molar-refractivity contribution in [3.05, 3.63) is 46.2 Å². The van der Waals surface area contributed by atoms with Crippen LogP contribution in [-0.2, 0) is 23.2 Å². The first-order chi connectivity index (χ1) is 13.6. The predicted octanol–water partition coefficient (Wildman–Crippen LogP) is 2.25. The molecule has 2 aromatic rings. The molecule has 0 spiro atoms. The summed E-state index contributed by atoms with van der Waals surface area (Å²) < 4.78 is 57.2. The zero-order chi connectivity index (χ0) is 21.3.